The third-order valence-corrected chi connectivity index (χ3v) is 2.27. The van der Waals surface area contributed by atoms with E-state index in [9.17, 15) is 0 Å². The summed E-state index contributed by atoms with van der Waals surface area (Å²) in [7, 11) is 0. The van der Waals surface area contributed by atoms with E-state index in [1.165, 1.54) is 0 Å². The molecular formula is C15H17N. The first-order chi connectivity index (χ1) is 7.86. The summed E-state index contributed by atoms with van der Waals surface area (Å²) in [4.78, 5) is 4.34. The maximum Gasteiger partial charge on any atom is 0.0708 e. The molecule has 1 heteroatoms. The first-order valence-corrected chi connectivity index (χ1v) is 5.49. The van der Waals surface area contributed by atoms with Crippen molar-refractivity contribution in [2.75, 3.05) is 0 Å². The molecule has 1 heterocycles. The summed E-state index contributed by atoms with van der Waals surface area (Å²) >= 11 is 0. The highest BCUT2D eigenvalue weighted by Gasteiger charge is 2.01. The van der Waals surface area contributed by atoms with Crippen molar-refractivity contribution in [2.45, 2.75) is 13.8 Å². The lowest BCUT2D eigenvalue weighted by atomic mass is 10.0. The van der Waals surface area contributed by atoms with Crippen LogP contribution in [0.5, 0.6) is 0 Å². The monoisotopic (exact) mass is 211 g/mol. The third kappa shape index (κ3) is 2.19. The zero-order valence-electron chi connectivity index (χ0n) is 9.90. The lowest BCUT2D eigenvalue weighted by molar-refractivity contribution is 1.39. The number of hydrogen-bond acceptors (Lipinski definition) is 1. The van der Waals surface area contributed by atoms with Crippen LogP contribution >= 0.6 is 0 Å². The normalized spacial score (nSPS) is 9.12. The summed E-state index contributed by atoms with van der Waals surface area (Å²) in [5, 5.41) is 1.12. The molecule has 2 aromatic rings. The molecule has 82 valence electrons. The van der Waals surface area contributed by atoms with E-state index in [4.69, 9.17) is 0 Å². The lowest BCUT2D eigenvalue weighted by Gasteiger charge is -2.04. The molecule has 0 aliphatic carbocycles. The van der Waals surface area contributed by atoms with Crippen LogP contribution in [0.15, 0.2) is 43.6 Å². The number of rotatable bonds is 2. The molecule has 0 atom stereocenters. The van der Waals surface area contributed by atoms with Gasteiger partial charge in [0.15, 0.2) is 0 Å². The molecule has 0 saturated heterocycles. The van der Waals surface area contributed by atoms with E-state index in [2.05, 4.69) is 18.1 Å². The second kappa shape index (κ2) is 5.86. The topological polar surface area (TPSA) is 12.9 Å². The minimum Gasteiger partial charge on any atom is -0.256 e. The largest absolute Gasteiger partial charge is 0.256 e. The zero-order chi connectivity index (χ0) is 12.0. The highest BCUT2D eigenvalue weighted by molar-refractivity contribution is 5.90. The van der Waals surface area contributed by atoms with Gasteiger partial charge in [0.05, 0.1) is 5.52 Å². The van der Waals surface area contributed by atoms with Gasteiger partial charge in [0.2, 0.25) is 0 Å². The summed E-state index contributed by atoms with van der Waals surface area (Å²) in [5.41, 5.74) is 3.12. The molecule has 1 nitrogen and oxygen atoms in total. The van der Waals surface area contributed by atoms with Crippen LogP contribution in [-0.4, -0.2) is 4.98 Å². The molecular weight excluding hydrogens is 194 g/mol. The molecule has 0 aliphatic heterocycles. The maximum atomic E-state index is 4.34. The summed E-state index contributed by atoms with van der Waals surface area (Å²) in [5.74, 6) is 0. The minimum absolute atomic E-state index is 0.994. The second-order valence-electron chi connectivity index (χ2n) is 3.05. The second-order valence-corrected chi connectivity index (χ2v) is 3.05. The van der Waals surface area contributed by atoms with Crippen LogP contribution in [0.2, 0.25) is 0 Å². The van der Waals surface area contributed by atoms with Gasteiger partial charge >= 0.3 is 0 Å². The summed E-state index contributed by atoms with van der Waals surface area (Å²) < 4.78 is 0. The van der Waals surface area contributed by atoms with Gasteiger partial charge in [-0.1, -0.05) is 57.4 Å². The van der Waals surface area contributed by atoms with E-state index in [-0.39, 0.29) is 0 Å². The maximum absolute atomic E-state index is 4.34. The van der Waals surface area contributed by atoms with Gasteiger partial charge in [0, 0.05) is 17.1 Å². The van der Waals surface area contributed by atoms with Crippen molar-refractivity contribution >= 4 is 23.1 Å². The third-order valence-electron chi connectivity index (χ3n) is 2.27. The highest BCUT2D eigenvalue weighted by atomic mass is 14.6. The van der Waals surface area contributed by atoms with Gasteiger partial charge in [0.1, 0.15) is 0 Å². The lowest BCUT2D eigenvalue weighted by Crippen LogP contribution is -1.86. The molecule has 0 aliphatic rings. The van der Waals surface area contributed by atoms with Crippen molar-refractivity contribution in [3.05, 3.63) is 54.7 Å². The Morgan fingerprint density at radius 2 is 1.75 bits per heavy atom. The molecule has 16 heavy (non-hydrogen) atoms. The van der Waals surface area contributed by atoms with E-state index in [0.29, 0.717) is 0 Å². The Morgan fingerprint density at radius 3 is 2.38 bits per heavy atom. The molecule has 0 bridgehead atoms. The van der Waals surface area contributed by atoms with Gasteiger partial charge in [-0.3, -0.25) is 4.98 Å². The smallest absolute Gasteiger partial charge is 0.0708 e. The highest BCUT2D eigenvalue weighted by Crippen LogP contribution is 2.21. The quantitative estimate of drug-likeness (QED) is 0.710. The van der Waals surface area contributed by atoms with Crippen LogP contribution in [0.1, 0.15) is 25.0 Å². The average molecular weight is 211 g/mol. The fraction of sp³-hybridized carbons (Fsp3) is 0.133. The van der Waals surface area contributed by atoms with Crippen LogP contribution in [0, 0.1) is 0 Å². The zero-order valence-corrected chi connectivity index (χ0v) is 9.90. The number of nitrogens with zero attached hydrogens (tertiary/aromatic N) is 1. The van der Waals surface area contributed by atoms with Crippen LogP contribution in [-0.2, 0) is 0 Å². The van der Waals surface area contributed by atoms with Crippen LogP contribution in [0.25, 0.3) is 23.1 Å². The predicted octanol–water partition coefficient (Wildman–Crippen LogP) is 4.55. The standard InChI is InChI=1S/C13H11N.C2H6/c1-3-10-9-14-13-8-6-5-7-12(13)11(10)4-2;1-2/h3-9H,1-2H2;1-2H3. The van der Waals surface area contributed by atoms with Gasteiger partial charge in [-0.05, 0) is 11.6 Å². The average Bonchev–Trinajstić information content (AvgIpc) is 2.39. The molecule has 0 saturated carbocycles. The summed E-state index contributed by atoms with van der Waals surface area (Å²) in [6.45, 7) is 11.6. The summed E-state index contributed by atoms with van der Waals surface area (Å²) in [6.07, 6.45) is 5.48. The van der Waals surface area contributed by atoms with Crippen molar-refractivity contribution in [2.24, 2.45) is 0 Å². The Kier molecular flexibility index (Phi) is 4.46. The first kappa shape index (κ1) is 12.2. The van der Waals surface area contributed by atoms with Gasteiger partial charge in [-0.25, -0.2) is 0 Å². The molecule has 1 aromatic carbocycles. The number of hydrogen-bond donors (Lipinski definition) is 0. The number of para-hydroxylation sites is 1. The molecule has 0 unspecified atom stereocenters. The fourth-order valence-corrected chi connectivity index (χ4v) is 1.57. The van der Waals surface area contributed by atoms with Crippen LogP contribution < -0.4 is 0 Å². The molecule has 0 amide bonds. The van der Waals surface area contributed by atoms with Crippen molar-refractivity contribution in [3.63, 3.8) is 0 Å². The van der Waals surface area contributed by atoms with Crippen LogP contribution in [0.3, 0.4) is 0 Å². The Labute approximate surface area is 97.1 Å². The van der Waals surface area contributed by atoms with Gasteiger partial charge in [-0.15, -0.1) is 0 Å². The van der Waals surface area contributed by atoms with Crippen LogP contribution in [0.4, 0.5) is 0 Å². The number of benzene rings is 1. The molecule has 1 aromatic heterocycles. The Balaban J connectivity index is 0.000000606. The van der Waals surface area contributed by atoms with Crippen molar-refractivity contribution in [1.29, 1.82) is 0 Å². The number of aromatic nitrogens is 1. The number of pyridine rings is 1. The Hall–Kier alpha value is -1.89. The minimum atomic E-state index is 0.994. The predicted molar refractivity (Wildman–Crippen MR) is 73.3 cm³/mol. The fourth-order valence-electron chi connectivity index (χ4n) is 1.57. The van der Waals surface area contributed by atoms with Crippen molar-refractivity contribution in [3.8, 4) is 0 Å². The van der Waals surface area contributed by atoms with Gasteiger partial charge in [0.25, 0.3) is 0 Å². The summed E-state index contributed by atoms with van der Waals surface area (Å²) in [6, 6.07) is 8.03. The van der Waals surface area contributed by atoms with Crippen molar-refractivity contribution in [1.82, 2.24) is 4.98 Å². The van der Waals surface area contributed by atoms with Gasteiger partial charge in [-0.2, -0.15) is 0 Å². The first-order valence-electron chi connectivity index (χ1n) is 5.49. The molecule has 0 spiro atoms. The Morgan fingerprint density at radius 1 is 1.06 bits per heavy atom. The van der Waals surface area contributed by atoms with E-state index in [1.54, 1.807) is 6.08 Å². The van der Waals surface area contributed by atoms with E-state index in [0.717, 1.165) is 22.0 Å². The van der Waals surface area contributed by atoms with Gasteiger partial charge < -0.3 is 0 Å². The van der Waals surface area contributed by atoms with E-state index in [1.807, 2.05) is 50.4 Å². The molecule has 0 radical (unpaired) electrons. The molecule has 2 rings (SSSR count). The molecule has 0 fully saturated rings. The Bertz CT molecular complexity index is 498. The molecule has 0 N–H and O–H groups in total. The van der Waals surface area contributed by atoms with E-state index >= 15 is 0 Å². The number of fused-ring (bicyclic) bond motifs is 1. The SMILES string of the molecule is C=Cc1cnc2ccccc2c1C=C.CC. The van der Waals surface area contributed by atoms with Crippen molar-refractivity contribution < 1.29 is 0 Å². The van der Waals surface area contributed by atoms with E-state index < -0.39 is 0 Å².